The molecular weight excluding hydrogens is 296 g/mol. The second-order valence-electron chi connectivity index (χ2n) is 5.05. The van der Waals surface area contributed by atoms with E-state index in [1.54, 1.807) is 35.6 Å². The highest BCUT2D eigenvalue weighted by atomic mass is 32.1. The maximum absolute atomic E-state index is 11.6. The van der Waals surface area contributed by atoms with Crippen molar-refractivity contribution < 1.29 is 9.53 Å². The molecule has 0 aliphatic rings. The third-order valence-corrected chi connectivity index (χ3v) is 4.76. The maximum Gasteiger partial charge on any atom is 0.231 e. The van der Waals surface area contributed by atoms with Crippen LogP contribution in [0.15, 0.2) is 30.6 Å². The first kappa shape index (κ1) is 14.7. The van der Waals surface area contributed by atoms with Gasteiger partial charge < -0.3 is 4.74 Å². The van der Waals surface area contributed by atoms with Crippen molar-refractivity contribution >= 4 is 27.3 Å². The molecule has 0 amide bonds. The summed E-state index contributed by atoms with van der Waals surface area (Å²) in [5.41, 5.74) is 1.85. The Balaban J connectivity index is 1.95. The Kier molecular flexibility index (Phi) is 3.90. The smallest absolute Gasteiger partial charge is 0.231 e. The third-order valence-electron chi connectivity index (χ3n) is 3.64. The predicted octanol–water partition coefficient (Wildman–Crippen LogP) is 4.69. The zero-order chi connectivity index (χ0) is 15.7. The zero-order valence-corrected chi connectivity index (χ0v) is 13.5. The number of hydrogen-bond donors (Lipinski definition) is 0. The van der Waals surface area contributed by atoms with Crippen molar-refractivity contribution in [1.82, 2.24) is 9.97 Å². The van der Waals surface area contributed by atoms with Gasteiger partial charge in [-0.3, -0.25) is 4.79 Å². The van der Waals surface area contributed by atoms with Crippen molar-refractivity contribution in [1.29, 1.82) is 0 Å². The van der Waals surface area contributed by atoms with Crippen molar-refractivity contribution in [3.8, 4) is 11.6 Å². The summed E-state index contributed by atoms with van der Waals surface area (Å²) in [6.45, 7) is 5.97. The molecule has 4 nitrogen and oxygen atoms in total. The normalized spacial score (nSPS) is 10.9. The second-order valence-corrected chi connectivity index (χ2v) is 6.25. The van der Waals surface area contributed by atoms with Crippen LogP contribution < -0.4 is 4.74 Å². The number of carbonyl (C=O) groups excluding carboxylic acids is 1. The lowest BCUT2D eigenvalue weighted by molar-refractivity contribution is 0.0988. The molecule has 2 heterocycles. The lowest BCUT2D eigenvalue weighted by Crippen LogP contribution is -1.96. The van der Waals surface area contributed by atoms with Crippen LogP contribution in [-0.2, 0) is 0 Å². The highest BCUT2D eigenvalue weighted by Gasteiger charge is 2.13. The lowest BCUT2D eigenvalue weighted by Gasteiger charge is -2.07. The van der Waals surface area contributed by atoms with E-state index in [9.17, 15) is 4.79 Å². The van der Waals surface area contributed by atoms with Crippen LogP contribution in [0.5, 0.6) is 11.6 Å². The second kappa shape index (κ2) is 5.85. The van der Waals surface area contributed by atoms with E-state index in [1.165, 1.54) is 11.2 Å². The fourth-order valence-corrected chi connectivity index (χ4v) is 3.24. The number of ether oxygens (including phenoxy) is 1. The molecule has 112 valence electrons. The Morgan fingerprint density at radius 3 is 2.59 bits per heavy atom. The van der Waals surface area contributed by atoms with Gasteiger partial charge in [-0.2, -0.15) is 0 Å². The number of rotatable bonds is 4. The van der Waals surface area contributed by atoms with E-state index >= 15 is 0 Å². The van der Waals surface area contributed by atoms with E-state index in [-0.39, 0.29) is 5.78 Å². The van der Waals surface area contributed by atoms with Crippen molar-refractivity contribution in [3.05, 3.63) is 46.6 Å². The molecule has 0 atom stereocenters. The molecule has 0 radical (unpaired) electrons. The quantitative estimate of drug-likeness (QED) is 0.656. The minimum Gasteiger partial charge on any atom is -0.438 e. The monoisotopic (exact) mass is 312 g/mol. The number of Topliss-reactive ketones (excluding diaryl/α,β-unsaturated/α-hetero) is 1. The molecule has 0 fully saturated rings. The third kappa shape index (κ3) is 2.60. The average Bonchev–Trinajstić information content (AvgIpc) is 2.83. The number of aromatic nitrogens is 2. The highest BCUT2D eigenvalue weighted by Crippen LogP contribution is 2.35. The van der Waals surface area contributed by atoms with Gasteiger partial charge in [-0.25, -0.2) is 9.97 Å². The number of thiophene rings is 1. The maximum atomic E-state index is 11.6. The largest absolute Gasteiger partial charge is 0.438 e. The molecule has 0 N–H and O–H groups in total. The minimum absolute atomic E-state index is 0.125. The summed E-state index contributed by atoms with van der Waals surface area (Å²) < 4.78 is 5.90. The summed E-state index contributed by atoms with van der Waals surface area (Å²) >= 11 is 1.64. The molecule has 3 rings (SSSR count). The van der Waals surface area contributed by atoms with E-state index in [1.807, 2.05) is 13.8 Å². The molecule has 2 aromatic heterocycles. The lowest BCUT2D eigenvalue weighted by atomic mass is 10.1. The first-order valence-electron chi connectivity index (χ1n) is 7.12. The molecule has 0 aliphatic heterocycles. The van der Waals surface area contributed by atoms with Crippen LogP contribution in [0.3, 0.4) is 0 Å². The molecule has 0 bridgehead atoms. The van der Waals surface area contributed by atoms with Crippen molar-refractivity contribution in [2.24, 2.45) is 0 Å². The van der Waals surface area contributed by atoms with Crippen LogP contribution in [0.1, 0.15) is 34.1 Å². The molecular formula is C17H16N2O2S. The first-order chi connectivity index (χ1) is 10.6. The fourth-order valence-electron chi connectivity index (χ4n) is 2.25. The summed E-state index contributed by atoms with van der Waals surface area (Å²) in [6.07, 6.45) is 2.02. The number of fused-ring (bicyclic) bond motifs is 1. The van der Waals surface area contributed by atoms with Crippen LogP contribution >= 0.6 is 11.3 Å². The van der Waals surface area contributed by atoms with E-state index in [2.05, 4.69) is 16.9 Å². The standard InChI is InChI=1S/C17H16N2O2S/c1-4-14(20)12-5-7-13(8-6-12)21-16-15-10(2)11(3)22-17(15)19-9-18-16/h5-9H,4H2,1-3H3. The number of carbonyl (C=O) groups is 1. The highest BCUT2D eigenvalue weighted by molar-refractivity contribution is 7.18. The van der Waals surface area contributed by atoms with E-state index < -0.39 is 0 Å². The molecule has 1 aromatic carbocycles. The average molecular weight is 312 g/mol. The number of ketones is 1. The van der Waals surface area contributed by atoms with Crippen LogP contribution in [-0.4, -0.2) is 15.8 Å². The Labute approximate surface area is 132 Å². The van der Waals surface area contributed by atoms with Gasteiger partial charge in [-0.1, -0.05) is 6.92 Å². The number of hydrogen-bond acceptors (Lipinski definition) is 5. The van der Waals surface area contributed by atoms with Crippen LogP contribution in [0.2, 0.25) is 0 Å². The number of aryl methyl sites for hydroxylation is 2. The molecule has 0 saturated carbocycles. The van der Waals surface area contributed by atoms with Crippen LogP contribution in [0.4, 0.5) is 0 Å². The van der Waals surface area contributed by atoms with Crippen molar-refractivity contribution in [3.63, 3.8) is 0 Å². The van der Waals surface area contributed by atoms with Gasteiger partial charge in [-0.15, -0.1) is 11.3 Å². The van der Waals surface area contributed by atoms with Crippen molar-refractivity contribution in [2.45, 2.75) is 27.2 Å². The first-order valence-corrected chi connectivity index (χ1v) is 7.93. The Bertz CT molecular complexity index is 838. The topological polar surface area (TPSA) is 52.1 Å². The van der Waals surface area contributed by atoms with Gasteiger partial charge in [0.2, 0.25) is 5.88 Å². The number of benzene rings is 1. The van der Waals surface area contributed by atoms with Gasteiger partial charge in [0.15, 0.2) is 5.78 Å². The molecule has 0 saturated heterocycles. The summed E-state index contributed by atoms with van der Waals surface area (Å²) in [5, 5.41) is 0.957. The van der Waals surface area contributed by atoms with Gasteiger partial charge in [0.1, 0.15) is 16.9 Å². The summed E-state index contributed by atoms with van der Waals surface area (Å²) in [7, 11) is 0. The predicted molar refractivity (Wildman–Crippen MR) is 88.0 cm³/mol. The number of nitrogens with zero attached hydrogens (tertiary/aromatic N) is 2. The Morgan fingerprint density at radius 1 is 1.18 bits per heavy atom. The molecule has 3 aromatic rings. The van der Waals surface area contributed by atoms with Gasteiger partial charge in [0.25, 0.3) is 0 Å². The summed E-state index contributed by atoms with van der Waals surface area (Å²) in [4.78, 5) is 22.3. The van der Waals surface area contributed by atoms with E-state index in [4.69, 9.17) is 4.74 Å². The molecule has 0 spiro atoms. The molecule has 0 aliphatic carbocycles. The molecule has 5 heteroatoms. The van der Waals surface area contributed by atoms with Crippen LogP contribution in [0.25, 0.3) is 10.2 Å². The fraction of sp³-hybridized carbons (Fsp3) is 0.235. The van der Waals surface area contributed by atoms with E-state index in [0.717, 1.165) is 15.8 Å². The SMILES string of the molecule is CCC(=O)c1ccc(Oc2ncnc3sc(C)c(C)c23)cc1. The van der Waals surface area contributed by atoms with Gasteiger partial charge in [0, 0.05) is 16.9 Å². The Hall–Kier alpha value is -2.27. The summed E-state index contributed by atoms with van der Waals surface area (Å²) in [6, 6.07) is 7.16. The van der Waals surface area contributed by atoms with Gasteiger partial charge in [-0.05, 0) is 43.7 Å². The summed E-state index contributed by atoms with van der Waals surface area (Å²) in [5.74, 6) is 1.35. The minimum atomic E-state index is 0.125. The van der Waals surface area contributed by atoms with Crippen molar-refractivity contribution in [2.75, 3.05) is 0 Å². The van der Waals surface area contributed by atoms with E-state index in [0.29, 0.717) is 23.6 Å². The Morgan fingerprint density at radius 2 is 1.91 bits per heavy atom. The van der Waals surface area contributed by atoms with Gasteiger partial charge >= 0.3 is 0 Å². The molecule has 0 unspecified atom stereocenters. The van der Waals surface area contributed by atoms with Crippen LogP contribution in [0, 0.1) is 13.8 Å². The molecule has 22 heavy (non-hydrogen) atoms. The zero-order valence-electron chi connectivity index (χ0n) is 12.7. The van der Waals surface area contributed by atoms with Gasteiger partial charge in [0.05, 0.1) is 5.39 Å².